The Hall–Kier alpha value is -3.87. The zero-order valence-electron chi connectivity index (χ0n) is 17.4. The first-order valence-electron chi connectivity index (χ1n) is 9.91. The predicted octanol–water partition coefficient (Wildman–Crippen LogP) is 4.99. The lowest BCUT2D eigenvalue weighted by Gasteiger charge is -2.09. The molecular formula is C24H21FN4O2. The molecule has 0 radical (unpaired) electrons. The van der Waals surface area contributed by atoms with Crippen molar-refractivity contribution in [3.8, 4) is 22.4 Å². The van der Waals surface area contributed by atoms with Gasteiger partial charge in [0.05, 0.1) is 11.3 Å². The molecule has 1 aromatic carbocycles. The molecule has 7 heteroatoms. The molecule has 0 saturated heterocycles. The number of hydrogen-bond donors (Lipinski definition) is 1. The van der Waals surface area contributed by atoms with Crippen LogP contribution in [0.2, 0.25) is 0 Å². The van der Waals surface area contributed by atoms with Crippen molar-refractivity contribution in [2.45, 2.75) is 20.3 Å². The van der Waals surface area contributed by atoms with E-state index in [1.807, 2.05) is 23.7 Å². The summed E-state index contributed by atoms with van der Waals surface area (Å²) in [5, 5.41) is 3.49. The maximum Gasteiger partial charge on any atom is 0.225 e. The highest BCUT2D eigenvalue weighted by atomic mass is 19.1. The third-order valence-corrected chi connectivity index (χ3v) is 5.21. The fraction of sp³-hybridized carbons (Fsp3) is 0.167. The Morgan fingerprint density at radius 3 is 2.35 bits per heavy atom. The number of amides is 1. The summed E-state index contributed by atoms with van der Waals surface area (Å²) in [6.07, 6.45) is 3.66. The number of benzene rings is 1. The van der Waals surface area contributed by atoms with Gasteiger partial charge in [-0.15, -0.1) is 0 Å². The molecule has 0 atom stereocenters. The fourth-order valence-corrected chi connectivity index (χ4v) is 3.69. The van der Waals surface area contributed by atoms with Crippen molar-refractivity contribution in [3.05, 3.63) is 66.2 Å². The predicted molar refractivity (Wildman–Crippen MR) is 118 cm³/mol. The van der Waals surface area contributed by atoms with Crippen LogP contribution in [0.3, 0.4) is 0 Å². The number of aromatic nitrogens is 3. The summed E-state index contributed by atoms with van der Waals surface area (Å²) < 4.78 is 15.5. The smallest absolute Gasteiger partial charge is 0.225 e. The Morgan fingerprint density at radius 2 is 1.74 bits per heavy atom. The molecular weight excluding hydrogens is 395 g/mol. The fourth-order valence-electron chi connectivity index (χ4n) is 3.69. The monoisotopic (exact) mass is 416 g/mol. The van der Waals surface area contributed by atoms with Gasteiger partial charge < -0.3 is 9.88 Å². The summed E-state index contributed by atoms with van der Waals surface area (Å²) in [4.78, 5) is 33.1. The van der Waals surface area contributed by atoms with Crippen molar-refractivity contribution >= 4 is 28.5 Å². The third-order valence-electron chi connectivity index (χ3n) is 5.21. The number of aryl methyl sites for hydroxylation is 1. The lowest BCUT2D eigenvalue weighted by atomic mass is 9.98. The Labute approximate surface area is 178 Å². The second kappa shape index (κ2) is 8.10. The van der Waals surface area contributed by atoms with Crippen LogP contribution in [-0.2, 0) is 11.8 Å². The van der Waals surface area contributed by atoms with Gasteiger partial charge in [-0.05, 0) is 60.5 Å². The van der Waals surface area contributed by atoms with Gasteiger partial charge in [-0.25, -0.2) is 9.37 Å². The van der Waals surface area contributed by atoms with Gasteiger partial charge in [0, 0.05) is 36.8 Å². The number of Topliss-reactive ketones (excluding diaryl/α,β-unsaturated/α-hetero) is 1. The van der Waals surface area contributed by atoms with Gasteiger partial charge in [0.15, 0.2) is 5.78 Å². The quantitative estimate of drug-likeness (QED) is 0.465. The Bertz CT molecular complexity index is 1300. The number of pyridine rings is 2. The minimum Gasteiger partial charge on any atom is -0.328 e. The highest BCUT2D eigenvalue weighted by Gasteiger charge is 2.23. The van der Waals surface area contributed by atoms with Crippen molar-refractivity contribution in [3.63, 3.8) is 0 Å². The number of nitrogens with one attached hydrogen (secondary N) is 1. The van der Waals surface area contributed by atoms with Crippen molar-refractivity contribution in [1.29, 1.82) is 0 Å². The number of nitrogens with zero attached hydrogens (tertiary/aromatic N) is 3. The highest BCUT2D eigenvalue weighted by molar-refractivity contribution is 6.10. The summed E-state index contributed by atoms with van der Waals surface area (Å²) in [6.45, 7) is 3.18. The topological polar surface area (TPSA) is 76.9 Å². The first-order chi connectivity index (χ1) is 14.9. The SMILES string of the molecule is CCC(=O)Nc1nc2c(cc1C(C)=O)c(-c1ccncc1)c(-c1ccc(F)cc1)n2C. The molecule has 6 nitrogen and oxygen atoms in total. The van der Waals surface area contributed by atoms with Gasteiger partial charge in [0.25, 0.3) is 0 Å². The molecule has 3 heterocycles. The van der Waals surface area contributed by atoms with E-state index >= 15 is 0 Å². The molecule has 0 saturated carbocycles. The number of rotatable bonds is 5. The van der Waals surface area contributed by atoms with Crippen LogP contribution >= 0.6 is 0 Å². The normalized spacial score (nSPS) is 11.0. The molecule has 0 fully saturated rings. The number of halogens is 1. The van der Waals surface area contributed by atoms with Crippen LogP contribution in [0.15, 0.2) is 54.9 Å². The summed E-state index contributed by atoms with van der Waals surface area (Å²) in [6, 6.07) is 11.7. The maximum absolute atomic E-state index is 13.6. The van der Waals surface area contributed by atoms with E-state index in [-0.39, 0.29) is 29.7 Å². The zero-order chi connectivity index (χ0) is 22.1. The zero-order valence-corrected chi connectivity index (χ0v) is 17.4. The molecule has 0 bridgehead atoms. The van der Waals surface area contributed by atoms with Gasteiger partial charge in [0.1, 0.15) is 17.3 Å². The van der Waals surface area contributed by atoms with E-state index in [0.29, 0.717) is 11.2 Å². The van der Waals surface area contributed by atoms with Gasteiger partial charge in [-0.3, -0.25) is 14.6 Å². The minimum atomic E-state index is -0.325. The number of ketones is 1. The molecule has 0 aliphatic carbocycles. The second-order valence-corrected chi connectivity index (χ2v) is 7.24. The van der Waals surface area contributed by atoms with Crippen LogP contribution in [-0.4, -0.2) is 26.2 Å². The minimum absolute atomic E-state index is 0.200. The third kappa shape index (κ3) is 3.70. The Balaban J connectivity index is 2.09. The van der Waals surface area contributed by atoms with E-state index in [9.17, 15) is 14.0 Å². The van der Waals surface area contributed by atoms with Crippen LogP contribution in [0.4, 0.5) is 10.2 Å². The van der Waals surface area contributed by atoms with Crippen LogP contribution in [0.5, 0.6) is 0 Å². The largest absolute Gasteiger partial charge is 0.328 e. The number of hydrogen-bond acceptors (Lipinski definition) is 4. The molecule has 3 aromatic heterocycles. The number of carbonyl (C=O) groups is 2. The van der Waals surface area contributed by atoms with Crippen molar-refractivity contribution in [1.82, 2.24) is 14.5 Å². The lowest BCUT2D eigenvalue weighted by molar-refractivity contribution is -0.115. The summed E-state index contributed by atoms with van der Waals surface area (Å²) in [5.41, 5.74) is 4.30. The first-order valence-corrected chi connectivity index (χ1v) is 9.91. The van der Waals surface area contributed by atoms with Gasteiger partial charge in [-0.1, -0.05) is 6.92 Å². The molecule has 4 aromatic rings. The number of carbonyl (C=O) groups excluding carboxylic acids is 2. The van der Waals surface area contributed by atoms with E-state index in [2.05, 4.69) is 15.3 Å². The van der Waals surface area contributed by atoms with Crippen LogP contribution in [0, 0.1) is 5.82 Å². The van der Waals surface area contributed by atoms with Gasteiger partial charge in [0.2, 0.25) is 5.91 Å². The van der Waals surface area contributed by atoms with E-state index in [1.54, 1.807) is 37.5 Å². The van der Waals surface area contributed by atoms with Gasteiger partial charge in [-0.2, -0.15) is 0 Å². The number of fused-ring (bicyclic) bond motifs is 1. The first kappa shape index (κ1) is 20.4. The van der Waals surface area contributed by atoms with Crippen molar-refractivity contribution in [2.75, 3.05) is 5.32 Å². The van der Waals surface area contributed by atoms with Gasteiger partial charge >= 0.3 is 0 Å². The molecule has 1 amide bonds. The Kier molecular flexibility index (Phi) is 5.33. The molecule has 0 aliphatic heterocycles. The van der Waals surface area contributed by atoms with Crippen molar-refractivity contribution in [2.24, 2.45) is 7.05 Å². The van der Waals surface area contributed by atoms with Crippen LogP contribution < -0.4 is 5.32 Å². The average molecular weight is 416 g/mol. The van der Waals surface area contributed by atoms with Crippen LogP contribution in [0.1, 0.15) is 30.6 Å². The summed E-state index contributed by atoms with van der Waals surface area (Å²) >= 11 is 0. The molecule has 156 valence electrons. The van der Waals surface area contributed by atoms with E-state index in [1.165, 1.54) is 19.1 Å². The van der Waals surface area contributed by atoms with E-state index in [4.69, 9.17) is 0 Å². The maximum atomic E-state index is 13.6. The summed E-state index contributed by atoms with van der Waals surface area (Å²) in [5.74, 6) is -0.515. The molecule has 0 aliphatic rings. The standard InChI is InChI=1S/C24H21FN4O2/c1-4-20(31)27-23-18(14(2)30)13-19-21(15-9-11-26-12-10-15)22(29(3)24(19)28-23)16-5-7-17(25)8-6-16/h5-13H,4H2,1-3H3,(H,27,28,31). The summed E-state index contributed by atoms with van der Waals surface area (Å²) in [7, 11) is 1.86. The molecule has 4 rings (SSSR count). The molecule has 0 unspecified atom stereocenters. The average Bonchev–Trinajstić information content (AvgIpc) is 3.06. The van der Waals surface area contributed by atoms with Crippen LogP contribution in [0.25, 0.3) is 33.4 Å². The van der Waals surface area contributed by atoms with Crippen molar-refractivity contribution < 1.29 is 14.0 Å². The number of anilines is 1. The molecule has 1 N–H and O–H groups in total. The molecule has 31 heavy (non-hydrogen) atoms. The molecule has 0 spiro atoms. The van der Waals surface area contributed by atoms with E-state index in [0.717, 1.165) is 27.8 Å². The van der Waals surface area contributed by atoms with E-state index < -0.39 is 0 Å². The lowest BCUT2D eigenvalue weighted by Crippen LogP contribution is -2.14. The Morgan fingerprint density at radius 1 is 1.06 bits per heavy atom. The second-order valence-electron chi connectivity index (χ2n) is 7.24. The highest BCUT2D eigenvalue weighted by Crippen LogP contribution is 2.40.